The fourth-order valence-corrected chi connectivity index (χ4v) is 2.30. The van der Waals surface area contributed by atoms with E-state index in [1.54, 1.807) is 0 Å². The molecule has 114 valence electrons. The van der Waals surface area contributed by atoms with Gasteiger partial charge in [-0.15, -0.1) is 0 Å². The lowest BCUT2D eigenvalue weighted by molar-refractivity contribution is -0.135. The molecule has 0 aromatic heterocycles. The van der Waals surface area contributed by atoms with Crippen molar-refractivity contribution in [3.8, 4) is 0 Å². The van der Waals surface area contributed by atoms with Gasteiger partial charge in [-0.2, -0.15) is 0 Å². The molecule has 0 aliphatic carbocycles. The minimum Gasteiger partial charge on any atom is -0.480 e. The highest BCUT2D eigenvalue weighted by atomic mass is 32.2. The number of carboxylic acids is 1. The largest absolute Gasteiger partial charge is 0.480 e. The Morgan fingerprint density at radius 2 is 1.90 bits per heavy atom. The van der Waals surface area contributed by atoms with E-state index in [1.807, 2.05) is 30.3 Å². The third kappa shape index (κ3) is 7.98. The van der Waals surface area contributed by atoms with Crippen LogP contribution in [0.4, 0.5) is 4.79 Å². The number of hydrogen-bond donors (Lipinski definition) is 3. The van der Waals surface area contributed by atoms with E-state index < -0.39 is 18.5 Å². The van der Waals surface area contributed by atoms with Gasteiger partial charge >= 0.3 is 12.0 Å². The van der Waals surface area contributed by atoms with E-state index in [0.29, 0.717) is 12.2 Å². The number of carboxylic acid groups (broad SMARTS) is 1. The lowest BCUT2D eigenvalue weighted by atomic mass is 10.1. The normalized spacial score (nSPS) is 11.5. The van der Waals surface area contributed by atoms with Crippen molar-refractivity contribution in [3.05, 3.63) is 35.9 Å². The fraction of sp³-hybridized carbons (Fsp3) is 0.357. The van der Waals surface area contributed by atoms with Crippen molar-refractivity contribution in [3.63, 3.8) is 0 Å². The van der Waals surface area contributed by atoms with Gasteiger partial charge < -0.3 is 15.7 Å². The highest BCUT2D eigenvalue weighted by Gasteiger charge is 2.14. The number of aliphatic carboxylic acids is 1. The van der Waals surface area contributed by atoms with Crippen LogP contribution >= 0.6 is 11.8 Å². The molecular weight excluding hydrogens is 292 g/mol. The molecule has 2 amide bonds. The van der Waals surface area contributed by atoms with Crippen LogP contribution in [-0.2, 0) is 16.0 Å². The second-order valence-electron chi connectivity index (χ2n) is 4.41. The van der Waals surface area contributed by atoms with Crippen molar-refractivity contribution in [1.29, 1.82) is 0 Å². The molecule has 1 rings (SSSR count). The summed E-state index contributed by atoms with van der Waals surface area (Å²) < 4.78 is 0. The van der Waals surface area contributed by atoms with Crippen LogP contribution < -0.4 is 10.6 Å². The minimum absolute atomic E-state index is 0.0270. The molecule has 21 heavy (non-hydrogen) atoms. The predicted molar refractivity (Wildman–Crippen MR) is 81.2 cm³/mol. The first-order valence-corrected chi connectivity index (χ1v) is 7.39. The van der Waals surface area contributed by atoms with Crippen LogP contribution in [0.15, 0.2) is 30.3 Å². The van der Waals surface area contributed by atoms with Crippen LogP contribution in [0.1, 0.15) is 12.5 Å². The lowest BCUT2D eigenvalue weighted by Crippen LogP contribution is -2.45. The number of rotatable bonds is 7. The first kappa shape index (κ1) is 17.0. The smallest absolute Gasteiger partial charge is 0.323 e. The van der Waals surface area contributed by atoms with E-state index in [4.69, 9.17) is 5.11 Å². The Labute approximate surface area is 127 Å². The third-order valence-electron chi connectivity index (χ3n) is 2.55. The average Bonchev–Trinajstić information content (AvgIpc) is 2.43. The van der Waals surface area contributed by atoms with E-state index in [0.717, 1.165) is 17.3 Å². The summed E-state index contributed by atoms with van der Waals surface area (Å²) in [6.45, 7) is 1.03. The van der Waals surface area contributed by atoms with Gasteiger partial charge in [0.05, 0.1) is 0 Å². The van der Waals surface area contributed by atoms with Crippen LogP contribution in [0.2, 0.25) is 0 Å². The zero-order chi connectivity index (χ0) is 15.7. The maximum absolute atomic E-state index is 11.6. The van der Waals surface area contributed by atoms with Gasteiger partial charge in [0, 0.05) is 18.7 Å². The predicted octanol–water partition coefficient (Wildman–Crippen LogP) is 1.26. The van der Waals surface area contributed by atoms with Gasteiger partial charge in [-0.05, 0) is 12.0 Å². The number of benzene rings is 1. The number of urea groups is 1. The molecule has 1 atom stereocenters. The van der Waals surface area contributed by atoms with Crippen LogP contribution in [0, 0.1) is 0 Å². The molecular formula is C14H18N2O4S. The number of amides is 2. The lowest BCUT2D eigenvalue weighted by Gasteiger charge is -2.18. The van der Waals surface area contributed by atoms with Gasteiger partial charge in [0.15, 0.2) is 5.12 Å². The zero-order valence-corrected chi connectivity index (χ0v) is 12.5. The molecule has 0 spiro atoms. The number of carbonyl (C=O) groups excluding carboxylic acids is 2. The highest BCUT2D eigenvalue weighted by Crippen LogP contribution is 2.09. The van der Waals surface area contributed by atoms with Gasteiger partial charge in [-0.1, -0.05) is 42.1 Å². The Hall–Kier alpha value is -2.02. The van der Waals surface area contributed by atoms with Gasteiger partial charge in [0.1, 0.15) is 6.54 Å². The van der Waals surface area contributed by atoms with E-state index >= 15 is 0 Å². The summed E-state index contributed by atoms with van der Waals surface area (Å²) in [5.74, 6) is -0.673. The van der Waals surface area contributed by atoms with Crippen molar-refractivity contribution in [1.82, 2.24) is 10.6 Å². The Bertz CT molecular complexity index is 493. The molecule has 1 unspecified atom stereocenters. The standard InChI is InChI=1S/C14H18N2O4S/c1-10(17)21-9-12(7-11-5-3-2-4-6-11)16-14(20)15-8-13(18)19/h2-6,12H,7-9H2,1H3,(H,18,19)(H2,15,16,20). The Morgan fingerprint density at radius 1 is 1.24 bits per heavy atom. The number of thioether (sulfide) groups is 1. The van der Waals surface area contributed by atoms with Gasteiger partial charge in [-0.3, -0.25) is 9.59 Å². The van der Waals surface area contributed by atoms with Gasteiger partial charge in [0.2, 0.25) is 0 Å². The molecule has 0 fully saturated rings. The molecule has 6 nitrogen and oxygen atoms in total. The summed E-state index contributed by atoms with van der Waals surface area (Å²) in [7, 11) is 0. The topological polar surface area (TPSA) is 95.5 Å². The van der Waals surface area contributed by atoms with Crippen LogP contribution in [0.3, 0.4) is 0 Å². The van der Waals surface area contributed by atoms with Gasteiger partial charge in [-0.25, -0.2) is 4.79 Å². The third-order valence-corrected chi connectivity index (χ3v) is 3.52. The maximum atomic E-state index is 11.6. The Kier molecular flexibility index (Phi) is 7.31. The summed E-state index contributed by atoms with van der Waals surface area (Å²) >= 11 is 1.13. The summed E-state index contributed by atoms with van der Waals surface area (Å²) in [6, 6.07) is 8.75. The Morgan fingerprint density at radius 3 is 2.48 bits per heavy atom. The summed E-state index contributed by atoms with van der Waals surface area (Å²) in [4.78, 5) is 33.1. The summed E-state index contributed by atoms with van der Waals surface area (Å²) in [6.07, 6.45) is 0.571. The maximum Gasteiger partial charge on any atom is 0.323 e. The van der Waals surface area contributed by atoms with Crippen molar-refractivity contribution in [2.24, 2.45) is 0 Å². The van der Waals surface area contributed by atoms with Crippen molar-refractivity contribution in [2.45, 2.75) is 19.4 Å². The van der Waals surface area contributed by atoms with E-state index in [1.165, 1.54) is 6.92 Å². The van der Waals surface area contributed by atoms with E-state index in [9.17, 15) is 14.4 Å². The average molecular weight is 310 g/mol. The molecule has 0 radical (unpaired) electrons. The monoisotopic (exact) mass is 310 g/mol. The first-order chi connectivity index (χ1) is 9.97. The first-order valence-electron chi connectivity index (χ1n) is 6.41. The molecule has 0 heterocycles. The van der Waals surface area contributed by atoms with E-state index in [-0.39, 0.29) is 11.2 Å². The zero-order valence-electron chi connectivity index (χ0n) is 11.7. The molecule has 0 saturated carbocycles. The van der Waals surface area contributed by atoms with Crippen molar-refractivity contribution < 1.29 is 19.5 Å². The number of hydrogen-bond acceptors (Lipinski definition) is 4. The van der Waals surface area contributed by atoms with Crippen LogP contribution in [-0.4, -0.2) is 40.6 Å². The fourth-order valence-electron chi connectivity index (χ4n) is 1.66. The SMILES string of the molecule is CC(=O)SCC(Cc1ccccc1)NC(=O)NCC(=O)O. The molecule has 0 bridgehead atoms. The quantitative estimate of drug-likeness (QED) is 0.705. The summed E-state index contributed by atoms with van der Waals surface area (Å²) in [5, 5.41) is 13.4. The van der Waals surface area contributed by atoms with Crippen LogP contribution in [0.25, 0.3) is 0 Å². The van der Waals surface area contributed by atoms with Crippen LogP contribution in [0.5, 0.6) is 0 Å². The van der Waals surface area contributed by atoms with Crippen molar-refractivity contribution >= 4 is 28.9 Å². The Balaban J connectivity index is 2.57. The van der Waals surface area contributed by atoms with Gasteiger partial charge in [0.25, 0.3) is 0 Å². The van der Waals surface area contributed by atoms with E-state index in [2.05, 4.69) is 10.6 Å². The summed E-state index contributed by atoms with van der Waals surface area (Å²) in [5.41, 5.74) is 1.03. The number of nitrogens with one attached hydrogen (secondary N) is 2. The molecule has 1 aromatic rings. The molecule has 3 N–H and O–H groups in total. The molecule has 7 heteroatoms. The molecule has 1 aromatic carbocycles. The minimum atomic E-state index is -1.11. The second-order valence-corrected chi connectivity index (χ2v) is 5.61. The number of carbonyl (C=O) groups is 3. The highest BCUT2D eigenvalue weighted by molar-refractivity contribution is 8.13. The second kappa shape index (κ2) is 9.02. The molecule has 0 aliphatic rings. The molecule has 0 saturated heterocycles. The van der Waals surface area contributed by atoms with Crippen molar-refractivity contribution in [2.75, 3.05) is 12.3 Å². The molecule has 0 aliphatic heterocycles.